The fourth-order valence-corrected chi connectivity index (χ4v) is 1.54. The quantitative estimate of drug-likeness (QED) is 0.806. The molecular formula is C14H11F2NO. The lowest BCUT2D eigenvalue weighted by molar-refractivity contribution is 0.470. The monoisotopic (exact) mass is 247 g/mol. The van der Waals surface area contributed by atoms with Crippen LogP contribution in [0, 0.1) is 18.6 Å². The Labute approximate surface area is 103 Å². The normalized spacial score (nSPS) is 11.1. The first-order valence-electron chi connectivity index (χ1n) is 5.35. The van der Waals surface area contributed by atoms with Crippen LogP contribution in [-0.2, 0) is 0 Å². The number of para-hydroxylation sites is 1. The summed E-state index contributed by atoms with van der Waals surface area (Å²) in [6, 6.07) is 8.21. The Kier molecular flexibility index (Phi) is 3.37. The maximum Gasteiger partial charge on any atom is 0.128 e. The molecule has 0 radical (unpaired) electrons. The molecule has 18 heavy (non-hydrogen) atoms. The van der Waals surface area contributed by atoms with E-state index < -0.39 is 11.6 Å². The number of phenols is 1. The molecule has 0 fully saturated rings. The van der Waals surface area contributed by atoms with Crippen molar-refractivity contribution in [3.63, 3.8) is 0 Å². The third kappa shape index (κ3) is 2.71. The van der Waals surface area contributed by atoms with E-state index >= 15 is 0 Å². The van der Waals surface area contributed by atoms with Crippen LogP contribution in [0.15, 0.2) is 41.4 Å². The number of aromatic hydroxyl groups is 1. The molecule has 2 aromatic rings. The van der Waals surface area contributed by atoms with Gasteiger partial charge in [-0.25, -0.2) is 8.78 Å². The molecule has 2 aromatic carbocycles. The molecule has 0 aliphatic rings. The van der Waals surface area contributed by atoms with Crippen LogP contribution in [0.3, 0.4) is 0 Å². The van der Waals surface area contributed by atoms with Gasteiger partial charge in [-0.2, -0.15) is 0 Å². The van der Waals surface area contributed by atoms with Gasteiger partial charge >= 0.3 is 0 Å². The SMILES string of the molecule is Cc1cccc(C=Nc2cc(F)cc(F)c2)c1O. The molecule has 0 aliphatic carbocycles. The number of halogens is 2. The molecule has 4 heteroatoms. The Morgan fingerprint density at radius 1 is 1.11 bits per heavy atom. The van der Waals surface area contributed by atoms with Crippen molar-refractivity contribution in [3.8, 4) is 5.75 Å². The molecule has 92 valence electrons. The van der Waals surface area contributed by atoms with Crippen molar-refractivity contribution in [2.45, 2.75) is 6.92 Å². The Balaban J connectivity index is 2.33. The highest BCUT2D eigenvalue weighted by molar-refractivity contribution is 5.85. The van der Waals surface area contributed by atoms with Gasteiger partial charge in [-0.05, 0) is 30.7 Å². The summed E-state index contributed by atoms with van der Waals surface area (Å²) in [5, 5.41) is 9.75. The summed E-state index contributed by atoms with van der Waals surface area (Å²) >= 11 is 0. The highest BCUT2D eigenvalue weighted by Crippen LogP contribution is 2.21. The maximum absolute atomic E-state index is 12.9. The van der Waals surface area contributed by atoms with E-state index in [0.717, 1.165) is 18.2 Å². The van der Waals surface area contributed by atoms with Crippen LogP contribution in [0.2, 0.25) is 0 Å². The zero-order chi connectivity index (χ0) is 13.1. The molecule has 0 bridgehead atoms. The van der Waals surface area contributed by atoms with E-state index in [2.05, 4.69) is 4.99 Å². The molecular weight excluding hydrogens is 236 g/mol. The smallest absolute Gasteiger partial charge is 0.128 e. The minimum absolute atomic E-state index is 0.109. The van der Waals surface area contributed by atoms with Crippen LogP contribution in [0.4, 0.5) is 14.5 Å². The molecule has 0 amide bonds. The predicted molar refractivity (Wildman–Crippen MR) is 66.5 cm³/mol. The molecule has 0 unspecified atom stereocenters. The molecule has 0 spiro atoms. The Bertz CT molecular complexity index is 588. The van der Waals surface area contributed by atoms with Crippen LogP contribution >= 0.6 is 0 Å². The van der Waals surface area contributed by atoms with Gasteiger partial charge in [0.1, 0.15) is 17.4 Å². The lowest BCUT2D eigenvalue weighted by Crippen LogP contribution is -1.85. The first-order valence-corrected chi connectivity index (χ1v) is 5.35. The molecule has 0 atom stereocenters. The zero-order valence-corrected chi connectivity index (χ0v) is 9.69. The molecule has 0 aliphatic heterocycles. The molecule has 0 aromatic heterocycles. The van der Waals surface area contributed by atoms with Gasteiger partial charge in [0.2, 0.25) is 0 Å². The van der Waals surface area contributed by atoms with E-state index in [1.54, 1.807) is 25.1 Å². The number of hydrogen-bond donors (Lipinski definition) is 1. The summed E-state index contributed by atoms with van der Waals surface area (Å²) in [6.45, 7) is 1.76. The Hall–Kier alpha value is -2.23. The van der Waals surface area contributed by atoms with Gasteiger partial charge in [0.25, 0.3) is 0 Å². The number of phenolic OH excluding ortho intramolecular Hbond substituents is 1. The molecule has 2 nitrogen and oxygen atoms in total. The van der Waals surface area contributed by atoms with Crippen molar-refractivity contribution < 1.29 is 13.9 Å². The van der Waals surface area contributed by atoms with Crippen LogP contribution in [0.25, 0.3) is 0 Å². The summed E-state index contributed by atoms with van der Waals surface area (Å²) in [5.41, 5.74) is 1.37. The van der Waals surface area contributed by atoms with E-state index in [1.165, 1.54) is 6.21 Å². The topological polar surface area (TPSA) is 32.6 Å². The summed E-state index contributed by atoms with van der Waals surface area (Å²) in [4.78, 5) is 3.94. The van der Waals surface area contributed by atoms with Gasteiger partial charge in [-0.15, -0.1) is 0 Å². The summed E-state index contributed by atoms with van der Waals surface area (Å²) < 4.78 is 25.9. The van der Waals surface area contributed by atoms with Crippen molar-refractivity contribution in [1.29, 1.82) is 0 Å². The Morgan fingerprint density at radius 2 is 1.78 bits per heavy atom. The molecule has 0 saturated heterocycles. The second-order valence-corrected chi connectivity index (χ2v) is 3.90. The molecule has 0 saturated carbocycles. The van der Waals surface area contributed by atoms with E-state index in [9.17, 15) is 13.9 Å². The minimum Gasteiger partial charge on any atom is -0.507 e. The van der Waals surface area contributed by atoms with E-state index in [0.29, 0.717) is 11.1 Å². The second kappa shape index (κ2) is 4.96. The molecule has 1 N–H and O–H groups in total. The molecule has 0 heterocycles. The standard InChI is InChI=1S/C14H11F2NO/c1-9-3-2-4-10(14(9)18)8-17-13-6-11(15)5-12(16)7-13/h2-8,18H,1H3. The summed E-state index contributed by atoms with van der Waals surface area (Å²) in [7, 11) is 0. The van der Waals surface area contributed by atoms with Gasteiger partial charge < -0.3 is 5.11 Å². The fraction of sp³-hybridized carbons (Fsp3) is 0.0714. The summed E-state index contributed by atoms with van der Waals surface area (Å²) in [5.74, 6) is -1.26. The minimum atomic E-state index is -0.685. The van der Waals surface area contributed by atoms with Gasteiger partial charge in [0, 0.05) is 17.8 Å². The lowest BCUT2D eigenvalue weighted by atomic mass is 10.1. The number of rotatable bonds is 2. The lowest BCUT2D eigenvalue weighted by Gasteiger charge is -2.01. The van der Waals surface area contributed by atoms with Crippen LogP contribution < -0.4 is 0 Å². The highest BCUT2D eigenvalue weighted by Gasteiger charge is 2.02. The highest BCUT2D eigenvalue weighted by atomic mass is 19.1. The van der Waals surface area contributed by atoms with E-state index in [-0.39, 0.29) is 11.4 Å². The summed E-state index contributed by atoms with van der Waals surface area (Å²) in [6.07, 6.45) is 1.37. The van der Waals surface area contributed by atoms with E-state index in [1.807, 2.05) is 0 Å². The average molecular weight is 247 g/mol. The van der Waals surface area contributed by atoms with Crippen molar-refractivity contribution in [2.75, 3.05) is 0 Å². The zero-order valence-electron chi connectivity index (χ0n) is 9.69. The van der Waals surface area contributed by atoms with Crippen molar-refractivity contribution in [2.24, 2.45) is 4.99 Å². The Morgan fingerprint density at radius 3 is 2.44 bits per heavy atom. The van der Waals surface area contributed by atoms with Crippen molar-refractivity contribution >= 4 is 11.9 Å². The van der Waals surface area contributed by atoms with Gasteiger partial charge in [-0.1, -0.05) is 12.1 Å². The number of benzene rings is 2. The fourth-order valence-electron chi connectivity index (χ4n) is 1.54. The van der Waals surface area contributed by atoms with Gasteiger partial charge in [0.15, 0.2) is 0 Å². The third-order valence-electron chi connectivity index (χ3n) is 2.47. The van der Waals surface area contributed by atoms with Crippen LogP contribution in [-0.4, -0.2) is 11.3 Å². The number of aliphatic imine (C=N–C) groups is 1. The maximum atomic E-state index is 12.9. The molecule has 2 rings (SSSR count). The van der Waals surface area contributed by atoms with Crippen molar-refractivity contribution in [1.82, 2.24) is 0 Å². The van der Waals surface area contributed by atoms with E-state index in [4.69, 9.17) is 0 Å². The third-order valence-corrected chi connectivity index (χ3v) is 2.47. The largest absolute Gasteiger partial charge is 0.507 e. The van der Waals surface area contributed by atoms with Crippen LogP contribution in [0.5, 0.6) is 5.75 Å². The number of nitrogens with zero attached hydrogens (tertiary/aromatic N) is 1. The number of aryl methyl sites for hydroxylation is 1. The number of hydrogen-bond acceptors (Lipinski definition) is 2. The first-order chi connectivity index (χ1) is 8.56. The van der Waals surface area contributed by atoms with Gasteiger partial charge in [-0.3, -0.25) is 4.99 Å². The predicted octanol–water partition coefficient (Wildman–Crippen LogP) is 3.73. The average Bonchev–Trinajstić information content (AvgIpc) is 2.30. The van der Waals surface area contributed by atoms with Gasteiger partial charge in [0.05, 0.1) is 5.69 Å². The first kappa shape index (κ1) is 12.2. The second-order valence-electron chi connectivity index (χ2n) is 3.90. The van der Waals surface area contributed by atoms with Crippen molar-refractivity contribution in [3.05, 3.63) is 59.2 Å². The van der Waals surface area contributed by atoms with Crippen LogP contribution in [0.1, 0.15) is 11.1 Å².